The highest BCUT2D eigenvalue weighted by atomic mass is 28.3. The van der Waals surface area contributed by atoms with Crippen LogP contribution in [0, 0.1) is 0 Å². The Morgan fingerprint density at radius 1 is 1.12 bits per heavy atom. The second-order valence-corrected chi connectivity index (χ2v) is 14.8. The lowest BCUT2D eigenvalue weighted by molar-refractivity contribution is 0.0385. The summed E-state index contributed by atoms with van der Waals surface area (Å²) >= 11 is 0. The molecule has 8 heteroatoms. The number of carbonyl (C=O) groups is 1. The summed E-state index contributed by atoms with van der Waals surface area (Å²) in [7, 11) is -1.53. The monoisotopic (exact) mass is 480 g/mol. The van der Waals surface area contributed by atoms with Crippen molar-refractivity contribution in [2.75, 3.05) is 50.1 Å². The van der Waals surface area contributed by atoms with Crippen molar-refractivity contribution in [1.29, 1.82) is 0 Å². The van der Waals surface area contributed by atoms with Gasteiger partial charge in [-0.15, -0.1) is 0 Å². The van der Waals surface area contributed by atoms with Crippen LogP contribution in [0.1, 0.15) is 12.5 Å². The van der Waals surface area contributed by atoms with Gasteiger partial charge in [0.25, 0.3) is 0 Å². The Balaban J connectivity index is 1.46. The number of aromatic amines is 1. The van der Waals surface area contributed by atoms with Crippen LogP contribution in [0.4, 0.5) is 16.2 Å². The second-order valence-electron chi connectivity index (χ2n) is 9.75. The predicted molar refractivity (Wildman–Crippen MR) is 142 cm³/mol. The predicted octanol–water partition coefficient (Wildman–Crippen LogP) is 4.63. The van der Waals surface area contributed by atoms with Crippen molar-refractivity contribution in [3.05, 3.63) is 48.2 Å². The number of anilines is 2. The van der Waals surface area contributed by atoms with Crippen LogP contribution in [0.2, 0.25) is 19.6 Å². The first-order valence-corrected chi connectivity index (χ1v) is 15.6. The van der Waals surface area contributed by atoms with E-state index in [1.807, 2.05) is 31.2 Å². The number of aromatic nitrogens is 1. The van der Waals surface area contributed by atoms with Crippen LogP contribution < -0.4 is 20.6 Å². The Morgan fingerprint density at radius 2 is 1.91 bits per heavy atom. The van der Waals surface area contributed by atoms with Gasteiger partial charge in [0.05, 0.1) is 33.6 Å². The van der Waals surface area contributed by atoms with E-state index in [9.17, 15) is 4.79 Å². The molecule has 34 heavy (non-hydrogen) atoms. The van der Waals surface area contributed by atoms with Gasteiger partial charge < -0.3 is 25.1 Å². The van der Waals surface area contributed by atoms with Crippen LogP contribution in [0.3, 0.4) is 0 Å². The molecule has 4 rings (SSSR count). The van der Waals surface area contributed by atoms with E-state index >= 15 is 0 Å². The number of H-pyrrole nitrogens is 1. The number of benzene rings is 2. The zero-order chi connectivity index (χ0) is 24.1. The second kappa shape index (κ2) is 10.6. The summed E-state index contributed by atoms with van der Waals surface area (Å²) < 4.78 is 11.2. The van der Waals surface area contributed by atoms with E-state index in [2.05, 4.69) is 58.5 Å². The molecular formula is C26H36N4O3Si. The minimum absolute atomic E-state index is 0.279. The fourth-order valence-corrected chi connectivity index (χ4v) is 5.39. The highest BCUT2D eigenvalue weighted by Crippen LogP contribution is 2.26. The molecule has 1 fully saturated rings. The first-order chi connectivity index (χ1) is 16.3. The smallest absolute Gasteiger partial charge is 0.323 e. The summed E-state index contributed by atoms with van der Waals surface area (Å²) in [5, 5.41) is 8.41. The maximum atomic E-state index is 12.9. The van der Waals surface area contributed by atoms with Gasteiger partial charge in [-0.05, 0) is 49.2 Å². The summed E-state index contributed by atoms with van der Waals surface area (Å²) in [5.74, 6) is 0.686. The summed E-state index contributed by atoms with van der Waals surface area (Å²) in [5.41, 5.74) is 3.79. The molecule has 1 saturated heterocycles. The van der Waals surface area contributed by atoms with Crippen LogP contribution >= 0.6 is 0 Å². The van der Waals surface area contributed by atoms with Crippen LogP contribution in [-0.4, -0.2) is 63.4 Å². The molecule has 1 aliphatic heterocycles. The molecule has 182 valence electrons. The standard InChI is InChI=1S/C26H36N4O3Si/c1-5-33-25-9-7-21(34(2,3)4)17-24(25)29-26(31)28-20-6-8-23-22(16-20)19(18-27-23)10-11-30-12-14-32-15-13-30/h6-9,16-18,27H,5,10-15H2,1-4H3,(H2,28,29,31). The normalized spacial score (nSPS) is 14.8. The third kappa shape index (κ3) is 6.00. The Labute approximate surface area is 202 Å². The zero-order valence-electron chi connectivity index (χ0n) is 20.7. The summed E-state index contributed by atoms with van der Waals surface area (Å²) in [6.45, 7) is 13.9. The lowest BCUT2D eigenvalue weighted by Gasteiger charge is -2.26. The van der Waals surface area contributed by atoms with Crippen molar-refractivity contribution in [3.63, 3.8) is 0 Å². The van der Waals surface area contributed by atoms with E-state index in [0.717, 1.165) is 55.9 Å². The van der Waals surface area contributed by atoms with Crippen LogP contribution in [-0.2, 0) is 11.2 Å². The number of amides is 2. The lowest BCUT2D eigenvalue weighted by Crippen LogP contribution is -2.37. The van der Waals surface area contributed by atoms with Gasteiger partial charge in [-0.25, -0.2) is 4.79 Å². The number of nitrogens with one attached hydrogen (secondary N) is 3. The molecule has 3 N–H and O–H groups in total. The zero-order valence-corrected chi connectivity index (χ0v) is 21.7. The van der Waals surface area contributed by atoms with Gasteiger partial charge in [0, 0.05) is 42.4 Å². The van der Waals surface area contributed by atoms with Crippen molar-refractivity contribution in [3.8, 4) is 5.75 Å². The molecule has 0 spiro atoms. The van der Waals surface area contributed by atoms with Gasteiger partial charge in [-0.3, -0.25) is 4.90 Å². The maximum Gasteiger partial charge on any atom is 0.323 e. The summed E-state index contributed by atoms with van der Waals surface area (Å²) in [6.07, 6.45) is 3.03. The van der Waals surface area contributed by atoms with Gasteiger partial charge in [0.2, 0.25) is 0 Å². The average Bonchev–Trinajstić information content (AvgIpc) is 3.21. The van der Waals surface area contributed by atoms with Crippen molar-refractivity contribution in [1.82, 2.24) is 9.88 Å². The van der Waals surface area contributed by atoms with Gasteiger partial charge >= 0.3 is 6.03 Å². The minimum atomic E-state index is -1.53. The van der Waals surface area contributed by atoms with Crippen molar-refractivity contribution < 1.29 is 14.3 Å². The van der Waals surface area contributed by atoms with Crippen LogP contribution in [0.15, 0.2) is 42.6 Å². The number of urea groups is 1. The highest BCUT2D eigenvalue weighted by molar-refractivity contribution is 6.88. The number of ether oxygens (including phenoxy) is 2. The Hall–Kier alpha value is -2.81. The van der Waals surface area contributed by atoms with E-state index in [0.29, 0.717) is 18.0 Å². The van der Waals surface area contributed by atoms with Gasteiger partial charge in [0.1, 0.15) is 5.75 Å². The molecular weight excluding hydrogens is 444 g/mol. The lowest BCUT2D eigenvalue weighted by atomic mass is 10.1. The number of fused-ring (bicyclic) bond motifs is 1. The first-order valence-electron chi connectivity index (χ1n) is 12.1. The maximum absolute atomic E-state index is 12.9. The third-order valence-electron chi connectivity index (χ3n) is 6.22. The Bertz CT molecular complexity index is 1130. The van der Waals surface area contributed by atoms with E-state index in [1.54, 1.807) is 0 Å². The number of nitrogens with zero attached hydrogens (tertiary/aromatic N) is 1. The number of carbonyl (C=O) groups excluding carboxylic acids is 1. The molecule has 1 aromatic heterocycles. The van der Waals surface area contributed by atoms with Crippen LogP contribution in [0.25, 0.3) is 10.9 Å². The summed E-state index contributed by atoms with van der Waals surface area (Å²) in [6, 6.07) is 11.8. The number of hydrogen-bond donors (Lipinski definition) is 3. The fraction of sp³-hybridized carbons (Fsp3) is 0.423. The Kier molecular flexibility index (Phi) is 7.60. The van der Waals surface area contributed by atoms with Crippen molar-refractivity contribution in [2.45, 2.75) is 33.0 Å². The fourth-order valence-electron chi connectivity index (χ4n) is 4.23. The molecule has 7 nitrogen and oxygen atoms in total. The number of rotatable bonds is 8. The van der Waals surface area contributed by atoms with E-state index in [1.165, 1.54) is 10.8 Å². The molecule has 0 radical (unpaired) electrons. The Morgan fingerprint density at radius 3 is 2.65 bits per heavy atom. The molecule has 2 heterocycles. The highest BCUT2D eigenvalue weighted by Gasteiger charge is 2.19. The summed E-state index contributed by atoms with van der Waals surface area (Å²) in [4.78, 5) is 18.7. The van der Waals surface area contributed by atoms with Gasteiger partial charge in [-0.1, -0.05) is 30.9 Å². The molecule has 0 bridgehead atoms. The minimum Gasteiger partial charge on any atom is -0.492 e. The molecule has 0 saturated carbocycles. The van der Waals surface area contributed by atoms with E-state index in [4.69, 9.17) is 9.47 Å². The third-order valence-corrected chi connectivity index (χ3v) is 8.26. The quantitative estimate of drug-likeness (QED) is 0.411. The van der Waals surface area contributed by atoms with Gasteiger partial charge in [0.15, 0.2) is 0 Å². The molecule has 1 aliphatic rings. The van der Waals surface area contributed by atoms with Crippen molar-refractivity contribution in [2.24, 2.45) is 0 Å². The molecule has 0 atom stereocenters. The largest absolute Gasteiger partial charge is 0.492 e. The topological polar surface area (TPSA) is 78.6 Å². The molecule has 2 aromatic carbocycles. The van der Waals surface area contributed by atoms with Crippen molar-refractivity contribution >= 4 is 41.6 Å². The molecule has 0 aliphatic carbocycles. The van der Waals surface area contributed by atoms with E-state index in [-0.39, 0.29) is 6.03 Å². The molecule has 0 unspecified atom stereocenters. The van der Waals surface area contributed by atoms with Gasteiger partial charge in [-0.2, -0.15) is 0 Å². The molecule has 2 amide bonds. The number of hydrogen-bond acceptors (Lipinski definition) is 4. The van der Waals surface area contributed by atoms with E-state index < -0.39 is 8.07 Å². The average molecular weight is 481 g/mol. The SMILES string of the molecule is CCOc1ccc([Si](C)(C)C)cc1NC(=O)Nc1ccc2[nH]cc(CCN3CCOCC3)c2c1. The number of morpholine rings is 1. The molecule has 3 aromatic rings. The first kappa shape index (κ1) is 24.3. The van der Waals surface area contributed by atoms with Crippen LogP contribution in [0.5, 0.6) is 5.75 Å².